The quantitative estimate of drug-likeness (QED) is 0.444. The molecule has 4 aromatic heterocycles. The molecule has 0 atom stereocenters. The highest BCUT2D eigenvalue weighted by Crippen LogP contribution is 2.31. The molecule has 5 aromatic rings. The van der Waals surface area contributed by atoms with E-state index < -0.39 is 0 Å². The molecule has 0 bridgehead atoms. The number of H-pyrrole nitrogens is 2. The minimum absolute atomic E-state index is 0.916. The summed E-state index contributed by atoms with van der Waals surface area (Å²) < 4.78 is 0. The van der Waals surface area contributed by atoms with Crippen molar-refractivity contribution in [1.82, 2.24) is 19.9 Å². The van der Waals surface area contributed by atoms with Crippen molar-refractivity contribution in [3.05, 3.63) is 48.8 Å². The number of rotatable bonds is 0. The van der Waals surface area contributed by atoms with Crippen LogP contribution >= 0.6 is 0 Å². The maximum absolute atomic E-state index is 4.61. The molecule has 0 aliphatic carbocycles. The van der Waals surface area contributed by atoms with E-state index in [0.717, 1.165) is 38.5 Å². The summed E-state index contributed by atoms with van der Waals surface area (Å²) in [7, 11) is 0. The van der Waals surface area contributed by atoms with Gasteiger partial charge in [-0.05, 0) is 18.2 Å². The van der Waals surface area contributed by atoms with E-state index in [-0.39, 0.29) is 0 Å². The molecule has 4 nitrogen and oxygen atoms in total. The van der Waals surface area contributed by atoms with E-state index in [0.29, 0.717) is 0 Å². The summed E-state index contributed by atoms with van der Waals surface area (Å²) in [6, 6.07) is 12.2. The van der Waals surface area contributed by atoms with Crippen LogP contribution in [-0.2, 0) is 0 Å². The van der Waals surface area contributed by atoms with Gasteiger partial charge in [-0.3, -0.25) is 9.97 Å². The second-order valence-electron chi connectivity index (χ2n) is 4.97. The standard InChI is InChI=1S/C16H10N4/c1-2-5-11-9(4-1)10-8-18-15-14-12(6-3-7-17-14)20-16(15)13(10)19-11/h1-8,19-20H. The van der Waals surface area contributed by atoms with Crippen LogP contribution in [0.2, 0.25) is 0 Å². The molecule has 0 amide bonds. The maximum atomic E-state index is 4.61. The topological polar surface area (TPSA) is 57.4 Å². The van der Waals surface area contributed by atoms with E-state index in [1.165, 1.54) is 5.39 Å². The first kappa shape index (κ1) is 9.97. The molecule has 0 unspecified atom stereocenters. The first-order valence-corrected chi connectivity index (χ1v) is 6.53. The number of hydrogen-bond donors (Lipinski definition) is 2. The first-order valence-electron chi connectivity index (χ1n) is 6.53. The highest BCUT2D eigenvalue weighted by molar-refractivity contribution is 6.18. The van der Waals surface area contributed by atoms with Crippen molar-refractivity contribution < 1.29 is 0 Å². The van der Waals surface area contributed by atoms with Gasteiger partial charge >= 0.3 is 0 Å². The molecule has 4 heteroatoms. The minimum atomic E-state index is 0.916. The molecule has 0 saturated carbocycles. The number of aromatic nitrogens is 4. The highest BCUT2D eigenvalue weighted by Gasteiger charge is 2.12. The monoisotopic (exact) mass is 258 g/mol. The van der Waals surface area contributed by atoms with Crippen molar-refractivity contribution >= 4 is 43.9 Å². The number of nitrogens with one attached hydrogen (secondary N) is 2. The highest BCUT2D eigenvalue weighted by atomic mass is 14.9. The third-order valence-electron chi connectivity index (χ3n) is 3.85. The lowest BCUT2D eigenvalue weighted by atomic mass is 10.2. The normalized spacial score (nSPS) is 12.0. The van der Waals surface area contributed by atoms with Gasteiger partial charge in [0.25, 0.3) is 0 Å². The van der Waals surface area contributed by atoms with Crippen molar-refractivity contribution in [1.29, 1.82) is 0 Å². The van der Waals surface area contributed by atoms with Crippen LogP contribution in [-0.4, -0.2) is 19.9 Å². The van der Waals surface area contributed by atoms with E-state index in [1.807, 2.05) is 30.5 Å². The largest absolute Gasteiger partial charge is 0.353 e. The Morgan fingerprint density at radius 2 is 1.55 bits per heavy atom. The zero-order chi connectivity index (χ0) is 13.1. The number of pyridine rings is 2. The van der Waals surface area contributed by atoms with Gasteiger partial charge < -0.3 is 9.97 Å². The number of fused-ring (bicyclic) bond motifs is 7. The number of benzene rings is 1. The van der Waals surface area contributed by atoms with Crippen molar-refractivity contribution in [2.45, 2.75) is 0 Å². The fourth-order valence-electron chi connectivity index (χ4n) is 2.94. The zero-order valence-corrected chi connectivity index (χ0v) is 10.5. The molecule has 0 fully saturated rings. The van der Waals surface area contributed by atoms with Crippen LogP contribution in [0.1, 0.15) is 0 Å². The Balaban J connectivity index is 2.10. The maximum Gasteiger partial charge on any atom is 0.116 e. The Morgan fingerprint density at radius 3 is 2.55 bits per heavy atom. The van der Waals surface area contributed by atoms with Crippen LogP contribution in [0.5, 0.6) is 0 Å². The van der Waals surface area contributed by atoms with Crippen LogP contribution in [0, 0.1) is 0 Å². The molecule has 2 N–H and O–H groups in total. The number of aromatic amines is 2. The van der Waals surface area contributed by atoms with Crippen molar-refractivity contribution in [2.75, 3.05) is 0 Å². The Labute approximate surface area is 113 Å². The zero-order valence-electron chi connectivity index (χ0n) is 10.5. The summed E-state index contributed by atoms with van der Waals surface area (Å²) in [6.07, 6.45) is 3.73. The molecule has 0 saturated heterocycles. The molecule has 0 aliphatic heterocycles. The lowest BCUT2D eigenvalue weighted by Crippen LogP contribution is -1.78. The average molecular weight is 258 g/mol. The lowest BCUT2D eigenvalue weighted by molar-refractivity contribution is 1.40. The molecule has 0 aliphatic rings. The average Bonchev–Trinajstić information content (AvgIpc) is 3.05. The third kappa shape index (κ3) is 1.11. The number of para-hydroxylation sites is 1. The van der Waals surface area contributed by atoms with Gasteiger partial charge in [0.1, 0.15) is 11.0 Å². The van der Waals surface area contributed by atoms with Gasteiger partial charge in [-0.15, -0.1) is 0 Å². The predicted octanol–water partition coefficient (Wildman–Crippen LogP) is 3.75. The Hall–Kier alpha value is -2.88. The SMILES string of the molecule is c1ccc2c(c1)[nH]c1c2cnc2c3ncccc3[nH]c21. The van der Waals surface area contributed by atoms with E-state index in [4.69, 9.17) is 0 Å². The number of hydrogen-bond acceptors (Lipinski definition) is 2. The summed E-state index contributed by atoms with van der Waals surface area (Å²) in [5, 5.41) is 2.34. The molecule has 20 heavy (non-hydrogen) atoms. The van der Waals surface area contributed by atoms with Gasteiger partial charge in [0, 0.05) is 28.7 Å². The first-order chi connectivity index (χ1) is 9.92. The third-order valence-corrected chi connectivity index (χ3v) is 3.85. The molecule has 0 spiro atoms. The number of nitrogens with zero attached hydrogens (tertiary/aromatic N) is 2. The second-order valence-corrected chi connectivity index (χ2v) is 4.97. The summed E-state index contributed by atoms with van der Waals surface area (Å²) in [4.78, 5) is 15.9. The summed E-state index contributed by atoms with van der Waals surface area (Å²) in [5.74, 6) is 0. The summed E-state index contributed by atoms with van der Waals surface area (Å²) >= 11 is 0. The molecule has 1 aromatic carbocycles. The molecular weight excluding hydrogens is 248 g/mol. The smallest absolute Gasteiger partial charge is 0.116 e. The molecule has 4 heterocycles. The van der Waals surface area contributed by atoms with Crippen molar-refractivity contribution in [3.63, 3.8) is 0 Å². The van der Waals surface area contributed by atoms with Crippen molar-refractivity contribution in [3.8, 4) is 0 Å². The molecule has 94 valence electrons. The van der Waals surface area contributed by atoms with Gasteiger partial charge in [0.2, 0.25) is 0 Å². The Kier molecular flexibility index (Phi) is 1.68. The van der Waals surface area contributed by atoms with E-state index in [2.05, 4.69) is 32.1 Å². The lowest BCUT2D eigenvalue weighted by Gasteiger charge is -1.92. The van der Waals surface area contributed by atoms with E-state index in [9.17, 15) is 0 Å². The van der Waals surface area contributed by atoms with Crippen LogP contribution in [0.25, 0.3) is 43.9 Å². The summed E-state index contributed by atoms with van der Waals surface area (Å²) in [6.45, 7) is 0. The van der Waals surface area contributed by atoms with E-state index >= 15 is 0 Å². The van der Waals surface area contributed by atoms with Gasteiger partial charge in [-0.2, -0.15) is 0 Å². The van der Waals surface area contributed by atoms with Gasteiger partial charge in [-0.1, -0.05) is 18.2 Å². The van der Waals surface area contributed by atoms with Crippen molar-refractivity contribution in [2.24, 2.45) is 0 Å². The Bertz CT molecular complexity index is 1010. The molecule has 0 radical (unpaired) electrons. The van der Waals surface area contributed by atoms with Crippen LogP contribution in [0.3, 0.4) is 0 Å². The minimum Gasteiger partial charge on any atom is -0.353 e. The fraction of sp³-hybridized carbons (Fsp3) is 0. The van der Waals surface area contributed by atoms with Gasteiger partial charge in [-0.25, -0.2) is 0 Å². The van der Waals surface area contributed by atoms with Gasteiger partial charge in [0.05, 0.1) is 16.6 Å². The second kappa shape index (κ2) is 3.36. The van der Waals surface area contributed by atoms with Crippen LogP contribution in [0.15, 0.2) is 48.8 Å². The van der Waals surface area contributed by atoms with Crippen LogP contribution < -0.4 is 0 Å². The molecular formula is C16H10N4. The predicted molar refractivity (Wildman–Crippen MR) is 80.8 cm³/mol. The van der Waals surface area contributed by atoms with Crippen LogP contribution in [0.4, 0.5) is 0 Å². The van der Waals surface area contributed by atoms with E-state index in [1.54, 1.807) is 6.20 Å². The fourth-order valence-corrected chi connectivity index (χ4v) is 2.94. The Morgan fingerprint density at radius 1 is 0.700 bits per heavy atom. The summed E-state index contributed by atoms with van der Waals surface area (Å²) in [5.41, 5.74) is 6.09. The molecule has 5 rings (SSSR count). The van der Waals surface area contributed by atoms with Gasteiger partial charge in [0.15, 0.2) is 0 Å².